The fourth-order valence-corrected chi connectivity index (χ4v) is 2.27. The van der Waals surface area contributed by atoms with Gasteiger partial charge in [0.2, 0.25) is 0 Å². The van der Waals surface area contributed by atoms with E-state index in [-0.39, 0.29) is 5.69 Å². The minimum absolute atomic E-state index is 0.215. The van der Waals surface area contributed by atoms with E-state index in [1.807, 2.05) is 19.1 Å². The van der Waals surface area contributed by atoms with E-state index < -0.39 is 5.97 Å². The summed E-state index contributed by atoms with van der Waals surface area (Å²) in [6, 6.07) is 7.16. The van der Waals surface area contributed by atoms with Crippen molar-refractivity contribution < 1.29 is 9.53 Å². The van der Waals surface area contributed by atoms with Crippen LogP contribution in [0.25, 0.3) is 5.82 Å². The molecule has 24 heavy (non-hydrogen) atoms. The van der Waals surface area contributed by atoms with Crippen LogP contribution in [0.5, 0.6) is 0 Å². The number of methoxy groups -OCH3 is 1. The van der Waals surface area contributed by atoms with Gasteiger partial charge in [0.25, 0.3) is 0 Å². The summed E-state index contributed by atoms with van der Waals surface area (Å²) in [5.41, 5.74) is 1.20. The molecular weight excluding hydrogens is 330 g/mol. The largest absolute Gasteiger partial charge is 0.464 e. The van der Waals surface area contributed by atoms with Crippen molar-refractivity contribution in [2.24, 2.45) is 0 Å². The van der Waals surface area contributed by atoms with Gasteiger partial charge in [-0.1, -0.05) is 11.6 Å². The van der Waals surface area contributed by atoms with Gasteiger partial charge in [0.15, 0.2) is 5.69 Å². The molecule has 0 saturated heterocycles. The van der Waals surface area contributed by atoms with Crippen LogP contribution >= 0.6 is 11.6 Å². The number of carbonyl (C=O) groups is 1. The van der Waals surface area contributed by atoms with Gasteiger partial charge in [0.05, 0.1) is 7.11 Å². The van der Waals surface area contributed by atoms with Crippen molar-refractivity contribution in [2.75, 3.05) is 12.4 Å². The Morgan fingerprint density at radius 1 is 1.25 bits per heavy atom. The van der Waals surface area contributed by atoms with Crippen molar-refractivity contribution in [1.82, 2.24) is 19.5 Å². The van der Waals surface area contributed by atoms with E-state index in [2.05, 4.69) is 25.0 Å². The summed E-state index contributed by atoms with van der Waals surface area (Å²) in [5.74, 6) is 1.31. The first-order chi connectivity index (χ1) is 11.5. The quantitative estimate of drug-likeness (QED) is 0.733. The lowest BCUT2D eigenvalue weighted by Crippen LogP contribution is -2.02. The number of carbonyl (C=O) groups excluding carboxylic acids is 1. The molecule has 0 unspecified atom stereocenters. The smallest absolute Gasteiger partial charge is 0.358 e. The molecule has 3 aromatic heterocycles. The maximum atomic E-state index is 11.5. The molecule has 0 aromatic carbocycles. The fourth-order valence-electron chi connectivity index (χ4n) is 2.11. The van der Waals surface area contributed by atoms with Crippen LogP contribution < -0.4 is 5.32 Å². The molecule has 0 fully saturated rings. The number of hydrogen-bond donors (Lipinski definition) is 1. The number of ether oxygens (including phenoxy) is 1. The van der Waals surface area contributed by atoms with E-state index in [1.54, 1.807) is 29.1 Å². The van der Waals surface area contributed by atoms with E-state index in [4.69, 9.17) is 11.6 Å². The van der Waals surface area contributed by atoms with Gasteiger partial charge in [-0.2, -0.15) is 0 Å². The van der Waals surface area contributed by atoms with Crippen LogP contribution in [0.4, 0.5) is 11.6 Å². The Hall–Kier alpha value is -2.93. The summed E-state index contributed by atoms with van der Waals surface area (Å²) >= 11 is 5.96. The molecule has 7 nitrogen and oxygen atoms in total. The Labute approximate surface area is 143 Å². The summed E-state index contributed by atoms with van der Waals surface area (Å²) in [4.78, 5) is 24.2. The Morgan fingerprint density at radius 2 is 2.08 bits per heavy atom. The Morgan fingerprint density at radius 3 is 2.83 bits per heavy atom. The zero-order valence-corrected chi connectivity index (χ0v) is 13.8. The number of halogens is 1. The number of nitrogens with zero attached hydrogens (tertiary/aromatic N) is 4. The lowest BCUT2D eigenvalue weighted by molar-refractivity contribution is 0.0594. The average Bonchev–Trinajstić information content (AvgIpc) is 3.03. The van der Waals surface area contributed by atoms with Crippen LogP contribution in [-0.2, 0) is 4.74 Å². The van der Waals surface area contributed by atoms with Crippen LogP contribution in [0.3, 0.4) is 0 Å². The summed E-state index contributed by atoms with van der Waals surface area (Å²) in [6.07, 6.45) is 4.68. The Bertz CT molecular complexity index is 894. The monoisotopic (exact) mass is 343 g/mol. The van der Waals surface area contributed by atoms with Gasteiger partial charge < -0.3 is 10.1 Å². The van der Waals surface area contributed by atoms with Crippen molar-refractivity contribution in [3.8, 4) is 5.82 Å². The zero-order valence-electron chi connectivity index (χ0n) is 13.0. The van der Waals surface area contributed by atoms with Gasteiger partial charge in [-0.3, -0.25) is 4.57 Å². The summed E-state index contributed by atoms with van der Waals surface area (Å²) in [6.45, 7) is 1.94. The number of pyridine rings is 2. The molecule has 0 amide bonds. The molecule has 122 valence electrons. The lowest BCUT2D eigenvalue weighted by Gasteiger charge is -2.09. The third kappa shape index (κ3) is 3.52. The third-order valence-corrected chi connectivity index (χ3v) is 3.41. The second-order valence-electron chi connectivity index (χ2n) is 5.03. The highest BCUT2D eigenvalue weighted by atomic mass is 35.5. The first-order valence-electron chi connectivity index (χ1n) is 7.05. The summed E-state index contributed by atoms with van der Waals surface area (Å²) in [5, 5.41) is 3.69. The van der Waals surface area contributed by atoms with E-state index in [0.29, 0.717) is 22.5 Å². The molecule has 3 rings (SSSR count). The average molecular weight is 344 g/mol. The minimum atomic E-state index is -0.497. The Kier molecular flexibility index (Phi) is 4.43. The molecule has 0 spiro atoms. The molecule has 3 aromatic rings. The number of rotatable bonds is 4. The molecular formula is C16H14ClN5O2. The van der Waals surface area contributed by atoms with Gasteiger partial charge in [-0.25, -0.2) is 19.7 Å². The molecule has 0 aliphatic rings. The molecule has 1 N–H and O–H groups in total. The predicted octanol–water partition coefficient (Wildman–Crippen LogP) is 3.15. The normalized spacial score (nSPS) is 10.5. The minimum Gasteiger partial charge on any atom is -0.464 e. The number of nitrogens with one attached hydrogen (secondary N) is 1. The van der Waals surface area contributed by atoms with Crippen LogP contribution in [0.2, 0.25) is 5.02 Å². The van der Waals surface area contributed by atoms with Crippen molar-refractivity contribution in [1.29, 1.82) is 0 Å². The van der Waals surface area contributed by atoms with Crippen molar-refractivity contribution in [2.45, 2.75) is 6.92 Å². The highest BCUT2D eigenvalue weighted by molar-refractivity contribution is 6.30. The maximum absolute atomic E-state index is 11.5. The van der Waals surface area contributed by atoms with E-state index in [9.17, 15) is 4.79 Å². The molecule has 0 bridgehead atoms. The topological polar surface area (TPSA) is 81.9 Å². The molecule has 8 heteroatoms. The van der Waals surface area contributed by atoms with Gasteiger partial charge in [-0.15, -0.1) is 0 Å². The van der Waals surface area contributed by atoms with E-state index in [0.717, 1.165) is 5.56 Å². The summed E-state index contributed by atoms with van der Waals surface area (Å²) in [7, 11) is 1.31. The number of esters is 1. The van der Waals surface area contributed by atoms with E-state index in [1.165, 1.54) is 13.4 Å². The molecule has 3 heterocycles. The van der Waals surface area contributed by atoms with Gasteiger partial charge >= 0.3 is 5.97 Å². The maximum Gasteiger partial charge on any atom is 0.358 e. The predicted molar refractivity (Wildman–Crippen MR) is 90.0 cm³/mol. The molecule has 0 radical (unpaired) electrons. The van der Waals surface area contributed by atoms with Crippen molar-refractivity contribution in [3.63, 3.8) is 0 Å². The SMILES string of the molecule is COC(=O)c1cn(-c2cc(C)cc(Nc3cc(Cl)ccn3)n2)cn1. The summed E-state index contributed by atoms with van der Waals surface area (Å²) < 4.78 is 6.30. The molecule has 0 aliphatic heterocycles. The number of anilines is 2. The lowest BCUT2D eigenvalue weighted by atomic mass is 10.3. The highest BCUT2D eigenvalue weighted by Gasteiger charge is 2.11. The van der Waals surface area contributed by atoms with Crippen LogP contribution in [0, 0.1) is 6.92 Å². The fraction of sp³-hybridized carbons (Fsp3) is 0.125. The van der Waals surface area contributed by atoms with Crippen LogP contribution in [-0.4, -0.2) is 32.6 Å². The van der Waals surface area contributed by atoms with Crippen LogP contribution in [0.1, 0.15) is 16.1 Å². The standard InChI is InChI=1S/C16H14ClN5O2/c1-10-5-14(20-13-7-11(17)3-4-18-13)21-15(6-10)22-8-12(19-9-22)16(23)24-2/h3-9H,1-2H3,(H,18,20,21). The van der Waals surface area contributed by atoms with E-state index >= 15 is 0 Å². The number of hydrogen-bond acceptors (Lipinski definition) is 6. The van der Waals surface area contributed by atoms with Gasteiger partial charge in [0, 0.05) is 17.4 Å². The second kappa shape index (κ2) is 6.67. The Balaban J connectivity index is 1.91. The van der Waals surface area contributed by atoms with Crippen molar-refractivity contribution in [3.05, 3.63) is 59.3 Å². The first-order valence-corrected chi connectivity index (χ1v) is 7.43. The third-order valence-electron chi connectivity index (χ3n) is 3.18. The van der Waals surface area contributed by atoms with Gasteiger partial charge in [-0.05, 0) is 36.8 Å². The highest BCUT2D eigenvalue weighted by Crippen LogP contribution is 2.19. The number of aromatic nitrogens is 4. The second-order valence-corrected chi connectivity index (χ2v) is 5.47. The van der Waals surface area contributed by atoms with Gasteiger partial charge in [0.1, 0.15) is 23.8 Å². The number of aryl methyl sites for hydroxylation is 1. The zero-order chi connectivity index (χ0) is 17.1. The first kappa shape index (κ1) is 15.9. The number of imidazole rings is 1. The molecule has 0 atom stereocenters. The van der Waals surface area contributed by atoms with Crippen molar-refractivity contribution >= 4 is 29.2 Å². The van der Waals surface area contributed by atoms with Crippen LogP contribution in [0.15, 0.2) is 43.0 Å². The molecule has 0 saturated carbocycles. The molecule has 0 aliphatic carbocycles.